The zero-order valence-electron chi connectivity index (χ0n) is 11.5. The van der Waals surface area contributed by atoms with Gasteiger partial charge in [0.1, 0.15) is 4.90 Å². The summed E-state index contributed by atoms with van der Waals surface area (Å²) < 4.78 is 66.2. The normalized spacial score (nSPS) is 22.5. The van der Waals surface area contributed by atoms with Crippen molar-refractivity contribution in [2.45, 2.75) is 36.6 Å². The van der Waals surface area contributed by atoms with Crippen LogP contribution in [-0.4, -0.2) is 20.4 Å². The summed E-state index contributed by atoms with van der Waals surface area (Å²) >= 11 is 0. The first-order chi connectivity index (χ1) is 10.2. The molecule has 2 atom stereocenters. The van der Waals surface area contributed by atoms with E-state index >= 15 is 0 Å². The van der Waals surface area contributed by atoms with Gasteiger partial charge in [0.05, 0.1) is 5.92 Å². The maximum atomic E-state index is 13.6. The average Bonchev–Trinajstić information content (AvgIpc) is 2.44. The summed E-state index contributed by atoms with van der Waals surface area (Å²) in [5.41, 5.74) is 5.23. The van der Waals surface area contributed by atoms with Crippen molar-refractivity contribution >= 4 is 15.9 Å². The van der Waals surface area contributed by atoms with Crippen LogP contribution >= 0.6 is 0 Å². The highest BCUT2D eigenvalue weighted by atomic mass is 32.2. The Kier molecular flexibility index (Phi) is 4.76. The molecule has 1 aromatic carbocycles. The Bertz CT molecular complexity index is 694. The lowest BCUT2D eigenvalue weighted by Crippen LogP contribution is -2.47. The molecule has 1 saturated carbocycles. The number of hydrogen-bond acceptors (Lipinski definition) is 3. The van der Waals surface area contributed by atoms with Gasteiger partial charge in [-0.2, -0.15) is 0 Å². The number of amides is 1. The minimum atomic E-state index is -4.44. The Hall–Kier alpha value is -1.61. The molecular weight excluding hydrogens is 321 g/mol. The van der Waals surface area contributed by atoms with Crippen molar-refractivity contribution in [1.29, 1.82) is 0 Å². The van der Waals surface area contributed by atoms with E-state index in [4.69, 9.17) is 5.73 Å². The molecule has 0 aromatic heterocycles. The quantitative estimate of drug-likeness (QED) is 0.815. The highest BCUT2D eigenvalue weighted by Crippen LogP contribution is 2.27. The third-order valence-corrected chi connectivity index (χ3v) is 5.23. The molecule has 0 unspecified atom stereocenters. The van der Waals surface area contributed by atoms with Gasteiger partial charge in [0.2, 0.25) is 15.9 Å². The first kappa shape index (κ1) is 16.8. The van der Waals surface area contributed by atoms with Gasteiger partial charge in [0.25, 0.3) is 0 Å². The van der Waals surface area contributed by atoms with E-state index in [9.17, 15) is 26.4 Å². The van der Waals surface area contributed by atoms with E-state index in [0.29, 0.717) is 31.4 Å². The number of rotatable bonds is 4. The van der Waals surface area contributed by atoms with Crippen LogP contribution in [0.4, 0.5) is 13.2 Å². The minimum absolute atomic E-state index is 0.359. The summed E-state index contributed by atoms with van der Waals surface area (Å²) in [6.45, 7) is 0. The number of nitrogens with two attached hydrogens (primary N) is 1. The van der Waals surface area contributed by atoms with Gasteiger partial charge in [-0.1, -0.05) is 12.8 Å². The van der Waals surface area contributed by atoms with Crippen LogP contribution in [0.25, 0.3) is 0 Å². The Morgan fingerprint density at radius 2 is 1.77 bits per heavy atom. The van der Waals surface area contributed by atoms with Gasteiger partial charge in [-0.15, -0.1) is 0 Å². The van der Waals surface area contributed by atoms with E-state index < -0.39 is 50.2 Å². The van der Waals surface area contributed by atoms with Gasteiger partial charge < -0.3 is 5.73 Å². The van der Waals surface area contributed by atoms with Gasteiger partial charge in [-0.3, -0.25) is 4.79 Å². The van der Waals surface area contributed by atoms with Crippen molar-refractivity contribution in [2.75, 3.05) is 0 Å². The number of carbonyl (C=O) groups excluding carboxylic acids is 1. The minimum Gasteiger partial charge on any atom is -0.369 e. The van der Waals surface area contributed by atoms with Crippen LogP contribution in [0.5, 0.6) is 0 Å². The maximum Gasteiger partial charge on any atom is 0.243 e. The topological polar surface area (TPSA) is 89.3 Å². The van der Waals surface area contributed by atoms with Gasteiger partial charge in [0.15, 0.2) is 17.5 Å². The molecule has 9 heteroatoms. The molecule has 1 aliphatic carbocycles. The molecule has 1 aliphatic rings. The summed E-state index contributed by atoms with van der Waals surface area (Å²) in [4.78, 5) is 10.4. The van der Waals surface area contributed by atoms with Crippen molar-refractivity contribution in [3.63, 3.8) is 0 Å². The second-order valence-corrected chi connectivity index (χ2v) is 6.88. The number of halogens is 3. The molecule has 1 aromatic rings. The largest absolute Gasteiger partial charge is 0.369 e. The van der Waals surface area contributed by atoms with Crippen molar-refractivity contribution in [2.24, 2.45) is 11.7 Å². The third kappa shape index (κ3) is 3.25. The van der Waals surface area contributed by atoms with E-state index in [1.165, 1.54) is 0 Å². The van der Waals surface area contributed by atoms with Crippen LogP contribution in [-0.2, 0) is 14.8 Å². The second kappa shape index (κ2) is 6.25. The molecule has 2 rings (SSSR count). The molecule has 1 fully saturated rings. The van der Waals surface area contributed by atoms with E-state index in [-0.39, 0.29) is 0 Å². The predicted molar refractivity (Wildman–Crippen MR) is 71.6 cm³/mol. The lowest BCUT2D eigenvalue weighted by atomic mass is 9.85. The van der Waals surface area contributed by atoms with Crippen molar-refractivity contribution in [3.8, 4) is 0 Å². The van der Waals surface area contributed by atoms with E-state index in [2.05, 4.69) is 4.72 Å². The van der Waals surface area contributed by atoms with E-state index in [1.807, 2.05) is 0 Å². The van der Waals surface area contributed by atoms with Gasteiger partial charge in [0, 0.05) is 6.04 Å². The molecule has 5 nitrogen and oxygen atoms in total. The fourth-order valence-electron chi connectivity index (χ4n) is 2.59. The van der Waals surface area contributed by atoms with Crippen LogP contribution in [0.3, 0.4) is 0 Å². The zero-order chi connectivity index (χ0) is 16.5. The van der Waals surface area contributed by atoms with Gasteiger partial charge >= 0.3 is 0 Å². The molecule has 0 radical (unpaired) electrons. The summed E-state index contributed by atoms with van der Waals surface area (Å²) in [6.07, 6.45) is 2.18. The van der Waals surface area contributed by atoms with Crippen molar-refractivity contribution in [3.05, 3.63) is 29.6 Å². The first-order valence-electron chi connectivity index (χ1n) is 6.69. The SMILES string of the molecule is NC(=O)[C@H]1CCCC[C@@H]1NS(=O)(=O)c1ccc(F)c(F)c1F. The number of carbonyl (C=O) groups is 1. The number of sulfonamides is 1. The molecule has 0 heterocycles. The van der Waals surface area contributed by atoms with Crippen LogP contribution in [0, 0.1) is 23.4 Å². The summed E-state index contributed by atoms with van der Waals surface area (Å²) in [5.74, 6) is -6.50. The van der Waals surface area contributed by atoms with E-state index in [0.717, 1.165) is 6.42 Å². The molecule has 3 N–H and O–H groups in total. The number of primary amides is 1. The smallest absolute Gasteiger partial charge is 0.243 e. The standard InChI is InChI=1S/C13H15F3N2O3S/c14-8-5-6-10(12(16)11(8)15)22(20,21)18-9-4-2-1-3-7(9)13(17)19/h5-7,9,18H,1-4H2,(H2,17,19)/t7-,9-/m0/s1. The van der Waals surface area contributed by atoms with Crippen LogP contribution in [0.15, 0.2) is 17.0 Å². The molecule has 0 spiro atoms. The highest BCUT2D eigenvalue weighted by Gasteiger charge is 2.34. The second-order valence-electron chi connectivity index (χ2n) is 5.19. The molecule has 122 valence electrons. The summed E-state index contributed by atoms with van der Waals surface area (Å²) in [6, 6.07) is 0.376. The first-order valence-corrected chi connectivity index (χ1v) is 8.17. The Labute approximate surface area is 125 Å². The van der Waals surface area contributed by atoms with E-state index in [1.54, 1.807) is 0 Å². The van der Waals surface area contributed by atoms with Gasteiger partial charge in [-0.05, 0) is 25.0 Å². The summed E-state index contributed by atoms with van der Waals surface area (Å²) in [5, 5.41) is 0. The summed E-state index contributed by atoms with van der Waals surface area (Å²) in [7, 11) is -4.44. The Morgan fingerprint density at radius 3 is 2.41 bits per heavy atom. The molecule has 0 aliphatic heterocycles. The van der Waals surface area contributed by atoms with Crippen molar-refractivity contribution in [1.82, 2.24) is 4.72 Å². The molecule has 0 bridgehead atoms. The monoisotopic (exact) mass is 336 g/mol. The van der Waals surface area contributed by atoms with Crippen LogP contribution in [0.2, 0.25) is 0 Å². The number of hydrogen-bond donors (Lipinski definition) is 2. The molecule has 1 amide bonds. The molecular formula is C13H15F3N2O3S. The van der Waals surface area contributed by atoms with Crippen LogP contribution in [0.1, 0.15) is 25.7 Å². The van der Waals surface area contributed by atoms with Gasteiger partial charge in [-0.25, -0.2) is 26.3 Å². The lowest BCUT2D eigenvalue weighted by Gasteiger charge is -2.29. The predicted octanol–water partition coefficient (Wildman–Crippen LogP) is 1.43. The zero-order valence-corrected chi connectivity index (χ0v) is 12.3. The highest BCUT2D eigenvalue weighted by molar-refractivity contribution is 7.89. The Morgan fingerprint density at radius 1 is 1.14 bits per heavy atom. The van der Waals surface area contributed by atoms with Crippen LogP contribution < -0.4 is 10.5 Å². The average molecular weight is 336 g/mol. The van der Waals surface area contributed by atoms with Crippen molar-refractivity contribution < 1.29 is 26.4 Å². The maximum absolute atomic E-state index is 13.6. The number of benzene rings is 1. The third-order valence-electron chi connectivity index (χ3n) is 3.73. The fourth-order valence-corrected chi connectivity index (χ4v) is 3.97. The number of nitrogens with one attached hydrogen (secondary N) is 1. The lowest BCUT2D eigenvalue weighted by molar-refractivity contribution is -0.123. The fraction of sp³-hybridized carbons (Fsp3) is 0.462. The molecule has 0 saturated heterocycles. The molecule has 22 heavy (non-hydrogen) atoms. The Balaban J connectivity index is 2.31.